The van der Waals surface area contributed by atoms with Crippen molar-refractivity contribution in [2.45, 2.75) is 212 Å². The van der Waals surface area contributed by atoms with Crippen LogP contribution in [0.3, 0.4) is 0 Å². The molecule has 35 nitrogen and oxygen atoms in total. The molecule has 7 heterocycles. The Hall–Kier alpha value is -8.60. The third-order valence-electron chi connectivity index (χ3n) is 24.9. The van der Waals surface area contributed by atoms with Crippen LogP contribution in [0.4, 0.5) is 11.8 Å². The van der Waals surface area contributed by atoms with E-state index in [9.17, 15) is 44.4 Å². The van der Waals surface area contributed by atoms with E-state index in [0.717, 1.165) is 28.7 Å². The van der Waals surface area contributed by atoms with E-state index in [1.54, 1.807) is 47.1 Å². The predicted octanol–water partition coefficient (Wildman–Crippen LogP) is 8.16. The number of nitrogens with two attached hydrogens (primary N) is 2. The summed E-state index contributed by atoms with van der Waals surface area (Å²) < 4.78 is 82.8. The number of nitrogens with one attached hydrogen (secondary N) is 1. The third-order valence-corrected chi connectivity index (χ3v) is 24.9. The minimum atomic E-state index is -2.46. The SMILES string of the molecule is CO[C@H]1C[C@@H]2CC[C@@H](C)[C@@](O)(O2)C(=O)C(=O)N2CCCC[C@H]2C(=O)O[C@H]([C@H](C)C[C@@H]2CC[C@@H](O)[C@H](OC)C2)C[C@@H](O)[C@H](C)/C=C(\C)[C@@H](O)[C@@H](OC)C(=NOCC(=O)NCCOCCOCCOCCOCCOCCOCCOCCOCCC(=O)N2CCc3cc(Cn4nc(-c5ccc6oc(N)nc6c5)c5c(N)ncnc54)ccc3C2)[C@H](C)C[C@H](C)/C=C/C=C/C=C/1C. The van der Waals surface area contributed by atoms with Gasteiger partial charge in [0.1, 0.15) is 47.7 Å². The number of ether oxygens (including phenoxy) is 13. The summed E-state index contributed by atoms with van der Waals surface area (Å²) >= 11 is 0. The summed E-state index contributed by atoms with van der Waals surface area (Å²) in [6.45, 7) is 20.2. The Bertz CT molecular complexity index is 4520. The Morgan fingerprint density at radius 3 is 2.07 bits per heavy atom. The van der Waals surface area contributed by atoms with Gasteiger partial charge in [-0.1, -0.05) is 94.4 Å². The summed E-state index contributed by atoms with van der Waals surface area (Å²) in [5.74, 6) is -7.47. The molecule has 5 aliphatic rings. The van der Waals surface area contributed by atoms with Crippen molar-refractivity contribution < 1.29 is 115 Å². The summed E-state index contributed by atoms with van der Waals surface area (Å²) in [5.41, 5.74) is 20.3. The number of oxazole rings is 1. The smallest absolute Gasteiger partial charge is 0.329 e. The molecule has 0 unspecified atom stereocenters. The number of benzene rings is 2. The van der Waals surface area contributed by atoms with Crippen molar-refractivity contribution in [3.63, 3.8) is 0 Å². The summed E-state index contributed by atoms with van der Waals surface area (Å²) in [6.07, 6.45) is 12.7. The fraction of sp³-hybridized carbons (Fsp3) is 0.660. The van der Waals surface area contributed by atoms with E-state index in [4.69, 9.17) is 87.4 Å². The molecular formula is C94H139N11O24. The van der Waals surface area contributed by atoms with E-state index in [1.165, 1.54) is 23.9 Å². The average molecular weight is 1810 g/mol. The summed E-state index contributed by atoms with van der Waals surface area (Å²) in [5, 5.41) is 60.1. The Morgan fingerprint density at radius 1 is 0.713 bits per heavy atom. The fourth-order valence-corrected chi connectivity index (χ4v) is 17.4. The second-order valence-corrected chi connectivity index (χ2v) is 34.5. The minimum Gasteiger partial charge on any atom is -0.460 e. The zero-order chi connectivity index (χ0) is 92.4. The van der Waals surface area contributed by atoms with Crippen molar-refractivity contribution in [1.82, 2.24) is 39.8 Å². The lowest BCUT2D eigenvalue weighted by Gasteiger charge is -2.43. The number of aliphatic hydroxyl groups is 4. The van der Waals surface area contributed by atoms with E-state index >= 15 is 0 Å². The molecule has 0 radical (unpaired) electrons. The zero-order valence-corrected chi connectivity index (χ0v) is 76.8. The number of piperidine rings is 1. The number of nitrogen functional groups attached to an aromatic ring is 2. The van der Waals surface area contributed by atoms with Gasteiger partial charge in [0.15, 0.2) is 17.8 Å². The first-order chi connectivity index (χ1) is 62.3. The number of rotatable bonds is 39. The molecule has 3 aromatic heterocycles. The lowest BCUT2D eigenvalue weighted by Crippen LogP contribution is -2.61. The van der Waals surface area contributed by atoms with Crippen LogP contribution in [0.1, 0.15) is 149 Å². The number of oxime groups is 1. The van der Waals surface area contributed by atoms with Gasteiger partial charge < -0.3 is 118 Å². The number of ketones is 1. The molecule has 129 heavy (non-hydrogen) atoms. The number of carbonyl (C=O) groups excluding carboxylic acids is 5. The van der Waals surface area contributed by atoms with Crippen LogP contribution in [0.25, 0.3) is 33.4 Å². The topological polar surface area (TPSA) is 448 Å². The molecule has 5 aromatic rings. The lowest BCUT2D eigenvalue weighted by molar-refractivity contribution is -0.265. The number of methoxy groups -OCH3 is 3. The molecule has 1 saturated carbocycles. The monoisotopic (exact) mass is 1810 g/mol. The molecule has 2 bridgehead atoms. The number of allylic oxidation sites excluding steroid dienone is 5. The third kappa shape index (κ3) is 30.5. The Morgan fingerprint density at radius 2 is 1.40 bits per heavy atom. The van der Waals surface area contributed by atoms with Crippen molar-refractivity contribution in [2.24, 2.45) is 40.7 Å². The van der Waals surface area contributed by atoms with Gasteiger partial charge in [-0.25, -0.2) is 19.4 Å². The number of hydrogen-bond donors (Lipinski definition) is 7. The van der Waals surface area contributed by atoms with Crippen LogP contribution in [0, 0.1) is 35.5 Å². The quantitative estimate of drug-likeness (QED) is 0.00641. The molecule has 9 N–H and O–H groups in total. The van der Waals surface area contributed by atoms with Gasteiger partial charge in [0.2, 0.25) is 11.7 Å². The molecule has 4 aliphatic heterocycles. The number of anilines is 2. The summed E-state index contributed by atoms with van der Waals surface area (Å²) in [6, 6.07) is 10.8. The van der Waals surface area contributed by atoms with Crippen molar-refractivity contribution in [3.8, 4) is 11.3 Å². The van der Waals surface area contributed by atoms with Gasteiger partial charge in [0.05, 0.1) is 160 Å². The molecule has 35 heteroatoms. The Balaban J connectivity index is 0.580. The number of Topliss-reactive ketones (excluding diaryl/α,β-unsaturated/α-hetero) is 1. The molecule has 2 aromatic carbocycles. The van der Waals surface area contributed by atoms with Crippen LogP contribution in [0.2, 0.25) is 0 Å². The van der Waals surface area contributed by atoms with E-state index < -0.39 is 96.6 Å². The van der Waals surface area contributed by atoms with Crippen molar-refractivity contribution >= 4 is 69.2 Å². The van der Waals surface area contributed by atoms with E-state index in [1.807, 2.05) is 79.8 Å². The highest BCUT2D eigenvalue weighted by Gasteiger charge is 2.53. The first-order valence-corrected chi connectivity index (χ1v) is 45.7. The van der Waals surface area contributed by atoms with Crippen molar-refractivity contribution in [2.75, 3.05) is 165 Å². The highest BCUT2D eigenvalue weighted by molar-refractivity contribution is 6.39. The molecule has 3 fully saturated rings. The molecule has 0 spiro atoms. The van der Waals surface area contributed by atoms with Crippen molar-refractivity contribution in [3.05, 3.63) is 107 Å². The summed E-state index contributed by atoms with van der Waals surface area (Å²) in [7, 11) is 4.60. The van der Waals surface area contributed by atoms with Crippen LogP contribution < -0.4 is 16.8 Å². The Kier molecular flexibility index (Phi) is 41.8. The second kappa shape index (κ2) is 52.6. The standard InChI is InChI=1S/C94H139N11O24/c1-60-16-12-11-13-17-61(2)78(115-8)54-72-24-19-66(7)94(114,129-72)88(111)91(112)104-30-15-14-18-74(104)92(113)127-79(63(4)50-67-21-25-75(106)80(52-67)116-9)55-76(107)62(3)49-65(6)86(110)87(117-10)84(64(5)48-60)102-126-58-81(108)97-29-33-119-35-37-121-39-41-123-43-45-125-47-46-124-44-42-122-40-38-120-36-34-118-32-28-82(109)103-31-27-69-51-68(20-22-71(69)57-103)56-105-90-83(89(95)98-59-99-90)85(101-105)70-23-26-77-73(53-70)100-93(96)128-77/h11-13,16-17,20,22-23,26,49,51,53,59-60,62-64,66-67,72,74-76,78-80,86-87,106-107,110,114H,14-15,18-19,21,24-25,27-48,50,52,54-58H2,1-10H3,(H2,96,100)(H,97,108)(H2,95,98,99)/b13-11+,16-12+,61-17+,65-49+,102-84?/t60-,62-,63-,64-,66-,67+,72+,74+,75-,76-,78+,79+,80-,86-,87+,94-/m1/s1. The highest BCUT2D eigenvalue weighted by atomic mass is 16.6. The van der Waals surface area contributed by atoms with E-state index in [-0.39, 0.29) is 93.7 Å². The summed E-state index contributed by atoms with van der Waals surface area (Å²) in [4.78, 5) is 91.9. The number of aliphatic hydroxyl groups excluding tert-OH is 3. The number of carbonyl (C=O) groups is 5. The predicted molar refractivity (Wildman–Crippen MR) is 481 cm³/mol. The number of amides is 3. The highest BCUT2D eigenvalue weighted by Crippen LogP contribution is 2.40. The largest absolute Gasteiger partial charge is 0.460 e. The minimum absolute atomic E-state index is 0.0312. The molecule has 2 saturated heterocycles. The number of cyclic esters (lactones) is 1. The molecule has 16 atom stereocenters. The second-order valence-electron chi connectivity index (χ2n) is 34.5. The Labute approximate surface area is 756 Å². The van der Waals surface area contributed by atoms with Crippen molar-refractivity contribution in [1.29, 1.82) is 0 Å². The van der Waals surface area contributed by atoms with E-state index in [2.05, 4.69) is 43.6 Å². The molecule has 1 aliphatic carbocycles. The zero-order valence-electron chi connectivity index (χ0n) is 76.8. The molecule has 10 rings (SSSR count). The molecular weight excluding hydrogens is 1670 g/mol. The van der Waals surface area contributed by atoms with Gasteiger partial charge in [-0.15, -0.1) is 0 Å². The number of nitrogens with zero attached hydrogens (tertiary/aromatic N) is 8. The van der Waals surface area contributed by atoms with Crippen LogP contribution in [0.5, 0.6) is 0 Å². The maximum Gasteiger partial charge on any atom is 0.329 e. The van der Waals surface area contributed by atoms with Crippen LogP contribution >= 0.6 is 0 Å². The fourth-order valence-electron chi connectivity index (χ4n) is 17.4. The van der Waals surface area contributed by atoms with Crippen LogP contribution in [-0.4, -0.2) is 304 Å². The number of esters is 1. The number of hydrogen-bond acceptors (Lipinski definition) is 31. The average Bonchev–Trinajstić information content (AvgIpc) is 1.61. The molecule has 714 valence electrons. The maximum absolute atomic E-state index is 14.7. The van der Waals surface area contributed by atoms with Gasteiger partial charge in [0, 0.05) is 83.7 Å². The lowest BCUT2D eigenvalue weighted by atomic mass is 9.78. The van der Waals surface area contributed by atoms with Gasteiger partial charge in [0.25, 0.3) is 23.6 Å². The van der Waals surface area contributed by atoms with E-state index in [0.29, 0.717) is 215 Å². The first kappa shape index (κ1) is 103. The number of aromatic nitrogens is 5. The van der Waals surface area contributed by atoms with Gasteiger partial charge >= 0.3 is 5.97 Å². The normalized spacial score (nSPS) is 27.6. The van der Waals surface area contributed by atoms with Crippen LogP contribution in [-0.2, 0) is 110 Å². The maximum atomic E-state index is 14.7. The number of fused-ring (bicyclic) bond motifs is 6. The van der Waals surface area contributed by atoms with Crippen LogP contribution in [0.15, 0.2) is 99.9 Å². The first-order valence-electron chi connectivity index (χ1n) is 45.7. The van der Waals surface area contributed by atoms with Gasteiger partial charge in [-0.2, -0.15) is 10.1 Å². The molecule has 3 amide bonds. The van der Waals surface area contributed by atoms with Gasteiger partial charge in [-0.3, -0.25) is 19.2 Å². The van der Waals surface area contributed by atoms with Gasteiger partial charge in [-0.05, 0) is 148 Å².